The fraction of sp³-hybridized carbons (Fsp3) is 0. The van der Waals surface area contributed by atoms with E-state index < -0.39 is 7.14 Å². The van der Waals surface area contributed by atoms with Crippen LogP contribution in [-0.4, -0.2) is 9.38 Å². The molecule has 0 N–H and O–H groups in total. The van der Waals surface area contributed by atoms with Gasteiger partial charge in [-0.25, -0.2) is 4.98 Å². The summed E-state index contributed by atoms with van der Waals surface area (Å²) in [6.07, 6.45) is 0. The number of aromatic nitrogens is 2. The maximum Gasteiger partial charge on any atom is 0.171 e. The zero-order chi connectivity index (χ0) is 28.5. The largest absolute Gasteiger partial charge is 0.309 e. The monoisotopic (exact) mass is 568 g/mol. The molecule has 202 valence electrons. The third-order valence-corrected chi connectivity index (χ3v) is 11.9. The fourth-order valence-corrected chi connectivity index (χ4v) is 9.72. The Morgan fingerprint density at radius 1 is 0.488 bits per heavy atom. The summed E-state index contributed by atoms with van der Waals surface area (Å²) in [5.74, 6) is 0. The highest BCUT2D eigenvalue weighted by atomic mass is 31.2. The lowest BCUT2D eigenvalue weighted by molar-refractivity contribution is 0.592. The Labute approximate surface area is 248 Å². The second-order valence-electron chi connectivity index (χ2n) is 11.1. The molecule has 0 saturated carbocycles. The molecule has 0 atom stereocenters. The average molecular weight is 569 g/mol. The first-order valence-corrected chi connectivity index (χ1v) is 16.2. The highest BCUT2D eigenvalue weighted by molar-refractivity contribution is 7.85. The van der Waals surface area contributed by atoms with E-state index in [1.165, 1.54) is 16.2 Å². The molecule has 0 bridgehead atoms. The summed E-state index contributed by atoms with van der Waals surface area (Å²) in [5, 5.41) is 10.3. The van der Waals surface area contributed by atoms with Crippen LogP contribution in [0.5, 0.6) is 0 Å². The average Bonchev–Trinajstić information content (AvgIpc) is 3.47. The maximum atomic E-state index is 15.5. The van der Waals surface area contributed by atoms with E-state index in [0.29, 0.717) is 0 Å². The van der Waals surface area contributed by atoms with Crippen molar-refractivity contribution in [2.24, 2.45) is 0 Å². The van der Waals surface area contributed by atoms with Gasteiger partial charge in [0.25, 0.3) is 0 Å². The maximum absolute atomic E-state index is 15.5. The molecule has 2 aromatic heterocycles. The third-order valence-electron chi connectivity index (χ3n) is 8.80. The topological polar surface area (TPSA) is 34.4 Å². The lowest BCUT2D eigenvalue weighted by Crippen LogP contribution is -2.25. The number of fused-ring (bicyclic) bond motifs is 11. The number of benzene rings is 7. The van der Waals surface area contributed by atoms with Crippen LogP contribution in [0.2, 0.25) is 0 Å². The van der Waals surface area contributed by atoms with Crippen LogP contribution in [0, 0.1) is 0 Å². The standard InChI is InChI=1S/C39H25N2OP/c42-43(28-14-3-1-4-15-28,29-16-5-2-6-17-29)37-21-11-18-31-30(37)22-23-32-33-24-26-12-7-8-13-27(26)25-36(33)41-35-20-10-9-19-34(35)40-39(41)38(31)32/h1-25H. The minimum atomic E-state index is -3.20. The van der Waals surface area contributed by atoms with Crippen LogP contribution in [0.25, 0.3) is 59.9 Å². The minimum Gasteiger partial charge on any atom is -0.309 e. The number of pyridine rings is 1. The van der Waals surface area contributed by atoms with Crippen molar-refractivity contribution >= 4 is 83.0 Å². The quantitative estimate of drug-likeness (QED) is 0.121. The van der Waals surface area contributed by atoms with Crippen molar-refractivity contribution in [3.8, 4) is 0 Å². The van der Waals surface area contributed by atoms with Gasteiger partial charge in [-0.2, -0.15) is 0 Å². The van der Waals surface area contributed by atoms with Gasteiger partial charge in [0.15, 0.2) is 7.14 Å². The number of hydrogen-bond donors (Lipinski definition) is 0. The molecule has 9 aromatic rings. The van der Waals surface area contributed by atoms with Crippen molar-refractivity contribution in [2.45, 2.75) is 0 Å². The van der Waals surface area contributed by atoms with E-state index in [0.717, 1.165) is 59.7 Å². The molecule has 0 amide bonds. The van der Waals surface area contributed by atoms with Gasteiger partial charge in [-0.3, -0.25) is 4.40 Å². The van der Waals surface area contributed by atoms with Gasteiger partial charge >= 0.3 is 0 Å². The first kappa shape index (κ1) is 24.4. The Balaban J connectivity index is 1.49. The molecule has 0 aliphatic rings. The number of imidazole rings is 1. The molecule has 0 fully saturated rings. The van der Waals surface area contributed by atoms with Crippen LogP contribution in [0.1, 0.15) is 0 Å². The van der Waals surface area contributed by atoms with Crippen molar-refractivity contribution in [1.82, 2.24) is 9.38 Å². The lowest BCUT2D eigenvalue weighted by Gasteiger charge is -2.22. The second kappa shape index (κ2) is 9.13. The van der Waals surface area contributed by atoms with Gasteiger partial charge in [0.05, 0.1) is 16.6 Å². The van der Waals surface area contributed by atoms with E-state index >= 15 is 4.57 Å². The number of nitrogens with zero attached hydrogens (tertiary/aromatic N) is 2. The van der Waals surface area contributed by atoms with Crippen molar-refractivity contribution in [3.63, 3.8) is 0 Å². The first-order valence-electron chi connectivity index (χ1n) is 14.5. The molecule has 0 unspecified atom stereocenters. The van der Waals surface area contributed by atoms with Gasteiger partial charge in [-0.15, -0.1) is 0 Å². The van der Waals surface area contributed by atoms with Gasteiger partial charge in [-0.05, 0) is 51.2 Å². The zero-order valence-electron chi connectivity index (χ0n) is 23.2. The lowest BCUT2D eigenvalue weighted by atomic mass is 9.97. The highest BCUT2D eigenvalue weighted by Crippen LogP contribution is 2.46. The van der Waals surface area contributed by atoms with Gasteiger partial charge in [0.1, 0.15) is 5.65 Å². The third kappa shape index (κ3) is 3.43. The number of hydrogen-bond acceptors (Lipinski definition) is 2. The Hall–Kier alpha value is -5.24. The molecule has 0 aliphatic heterocycles. The first-order chi connectivity index (χ1) is 21.2. The van der Waals surface area contributed by atoms with Gasteiger partial charge < -0.3 is 4.57 Å². The summed E-state index contributed by atoms with van der Waals surface area (Å²) >= 11 is 0. The highest BCUT2D eigenvalue weighted by Gasteiger charge is 2.31. The van der Waals surface area contributed by atoms with Crippen molar-refractivity contribution in [2.75, 3.05) is 0 Å². The summed E-state index contributed by atoms with van der Waals surface area (Å²) < 4.78 is 17.8. The van der Waals surface area contributed by atoms with E-state index in [2.05, 4.69) is 83.3 Å². The summed E-state index contributed by atoms with van der Waals surface area (Å²) in [6.45, 7) is 0. The van der Waals surface area contributed by atoms with E-state index in [1.54, 1.807) is 0 Å². The Morgan fingerprint density at radius 3 is 1.84 bits per heavy atom. The Bertz CT molecular complexity index is 2540. The van der Waals surface area contributed by atoms with Crippen molar-refractivity contribution in [1.29, 1.82) is 0 Å². The molecule has 3 nitrogen and oxygen atoms in total. The van der Waals surface area contributed by atoms with E-state index in [1.807, 2.05) is 72.8 Å². The summed E-state index contributed by atoms with van der Waals surface area (Å²) in [4.78, 5) is 5.23. The SMILES string of the molecule is O=P(c1ccccc1)(c1ccccc1)c1cccc2c1ccc1c3cc4ccccc4cc3n3c4ccccc4nc3c21. The number of rotatable bonds is 3. The van der Waals surface area contributed by atoms with Crippen molar-refractivity contribution < 1.29 is 4.57 Å². The Morgan fingerprint density at radius 2 is 1.09 bits per heavy atom. The second-order valence-corrected chi connectivity index (χ2v) is 13.8. The normalized spacial score (nSPS) is 12.3. The minimum absolute atomic E-state index is 0.829. The molecule has 2 heterocycles. The van der Waals surface area contributed by atoms with Crippen LogP contribution >= 0.6 is 7.14 Å². The van der Waals surface area contributed by atoms with Crippen LogP contribution in [-0.2, 0) is 4.57 Å². The van der Waals surface area contributed by atoms with E-state index in [9.17, 15) is 0 Å². The van der Waals surface area contributed by atoms with E-state index in [4.69, 9.17) is 4.98 Å². The summed E-state index contributed by atoms with van der Waals surface area (Å²) in [6, 6.07) is 51.9. The summed E-state index contributed by atoms with van der Waals surface area (Å²) in [5.41, 5.74) is 4.07. The smallest absolute Gasteiger partial charge is 0.171 e. The molecular weight excluding hydrogens is 543 g/mol. The van der Waals surface area contributed by atoms with Crippen LogP contribution in [0.4, 0.5) is 0 Å². The van der Waals surface area contributed by atoms with Crippen LogP contribution in [0.3, 0.4) is 0 Å². The van der Waals surface area contributed by atoms with Crippen LogP contribution in [0.15, 0.2) is 152 Å². The predicted octanol–water partition coefficient (Wildman–Crippen LogP) is 8.74. The molecule has 43 heavy (non-hydrogen) atoms. The molecule has 9 rings (SSSR count). The zero-order valence-corrected chi connectivity index (χ0v) is 24.1. The van der Waals surface area contributed by atoms with Gasteiger partial charge in [-0.1, -0.05) is 127 Å². The predicted molar refractivity (Wildman–Crippen MR) is 182 cm³/mol. The molecule has 0 radical (unpaired) electrons. The molecule has 0 aliphatic carbocycles. The molecule has 0 saturated heterocycles. The van der Waals surface area contributed by atoms with Gasteiger partial charge in [0.2, 0.25) is 0 Å². The van der Waals surface area contributed by atoms with Crippen LogP contribution < -0.4 is 15.9 Å². The molecular formula is C39H25N2OP. The van der Waals surface area contributed by atoms with Gasteiger partial charge in [0, 0.05) is 26.7 Å². The number of para-hydroxylation sites is 2. The molecule has 7 aromatic carbocycles. The summed E-state index contributed by atoms with van der Waals surface area (Å²) in [7, 11) is -3.20. The molecule has 0 spiro atoms. The fourth-order valence-electron chi connectivity index (χ4n) is 6.85. The van der Waals surface area contributed by atoms with Crippen molar-refractivity contribution in [3.05, 3.63) is 152 Å². The Kier molecular flexibility index (Phi) is 5.17. The van der Waals surface area contributed by atoms with E-state index in [-0.39, 0.29) is 0 Å². The molecule has 4 heteroatoms.